The van der Waals surface area contributed by atoms with Crippen LogP contribution in [0.4, 0.5) is 0 Å². The summed E-state index contributed by atoms with van der Waals surface area (Å²) in [6, 6.07) is 7.21. The van der Waals surface area contributed by atoms with Crippen molar-refractivity contribution in [3.05, 3.63) is 42.5 Å². The summed E-state index contributed by atoms with van der Waals surface area (Å²) in [7, 11) is -3.41. The van der Waals surface area contributed by atoms with Crippen LogP contribution in [-0.4, -0.2) is 24.8 Å². The van der Waals surface area contributed by atoms with Crippen LogP contribution in [0.1, 0.15) is 38.2 Å². The van der Waals surface area contributed by atoms with E-state index in [-0.39, 0.29) is 12.1 Å². The molecule has 0 saturated carbocycles. The molecule has 0 radical (unpaired) electrons. The molecule has 0 bridgehead atoms. The largest absolute Gasteiger partial charge is 0.243 e. The molecule has 3 nitrogen and oxygen atoms in total. The van der Waals surface area contributed by atoms with E-state index < -0.39 is 10.0 Å². The van der Waals surface area contributed by atoms with Crippen LogP contribution in [0, 0.1) is 6.92 Å². The van der Waals surface area contributed by atoms with Crippen LogP contribution in [0.3, 0.4) is 0 Å². The van der Waals surface area contributed by atoms with Gasteiger partial charge in [0.1, 0.15) is 0 Å². The maximum atomic E-state index is 12.9. The summed E-state index contributed by atoms with van der Waals surface area (Å²) in [5, 5.41) is 0. The minimum Gasteiger partial charge on any atom is -0.207 e. The van der Waals surface area contributed by atoms with E-state index in [1.807, 2.05) is 32.1 Å². The standard InChI is InChI=1S/C16H23NO2S/c1-4-6-15-8-5-7-14(3)17(15)20(18,19)16-11-9-13(2)10-12-16/h4,9-12,14-15H,1,5-8H2,2-3H3/t14-,15+/m1/s1. The molecular formula is C16H23NO2S. The summed E-state index contributed by atoms with van der Waals surface area (Å²) >= 11 is 0. The number of hydrogen-bond donors (Lipinski definition) is 0. The van der Waals surface area contributed by atoms with Crippen LogP contribution in [0.15, 0.2) is 41.8 Å². The SMILES string of the molecule is C=CC[C@H]1CCC[C@@H](C)N1S(=O)(=O)c1ccc(C)cc1. The zero-order valence-electron chi connectivity index (χ0n) is 12.2. The van der Waals surface area contributed by atoms with Gasteiger partial charge in [-0.05, 0) is 45.2 Å². The van der Waals surface area contributed by atoms with Gasteiger partial charge < -0.3 is 0 Å². The van der Waals surface area contributed by atoms with Gasteiger partial charge in [-0.1, -0.05) is 30.2 Å². The maximum Gasteiger partial charge on any atom is 0.243 e. The number of sulfonamides is 1. The summed E-state index contributed by atoms with van der Waals surface area (Å²) in [6.45, 7) is 7.72. The maximum absolute atomic E-state index is 12.9. The molecule has 110 valence electrons. The van der Waals surface area contributed by atoms with Crippen LogP contribution in [0.2, 0.25) is 0 Å². The predicted molar refractivity (Wildman–Crippen MR) is 82.1 cm³/mol. The zero-order chi connectivity index (χ0) is 14.8. The van der Waals surface area contributed by atoms with E-state index in [4.69, 9.17) is 0 Å². The Bertz CT molecular complexity index is 563. The highest BCUT2D eigenvalue weighted by molar-refractivity contribution is 7.89. The Balaban J connectivity index is 2.38. The number of aryl methyl sites for hydroxylation is 1. The van der Waals surface area contributed by atoms with Crippen molar-refractivity contribution >= 4 is 10.0 Å². The molecule has 2 rings (SSSR count). The van der Waals surface area contributed by atoms with Gasteiger partial charge in [0.15, 0.2) is 0 Å². The second-order valence-electron chi connectivity index (χ2n) is 5.61. The van der Waals surface area contributed by atoms with Crippen molar-refractivity contribution in [3.63, 3.8) is 0 Å². The van der Waals surface area contributed by atoms with Gasteiger partial charge in [-0.2, -0.15) is 4.31 Å². The van der Waals surface area contributed by atoms with Crippen molar-refractivity contribution in [1.82, 2.24) is 4.31 Å². The lowest BCUT2D eigenvalue weighted by Crippen LogP contribution is -2.48. The second kappa shape index (κ2) is 6.10. The highest BCUT2D eigenvalue weighted by Crippen LogP contribution is 2.31. The molecule has 20 heavy (non-hydrogen) atoms. The predicted octanol–water partition coefficient (Wildman–Crippen LogP) is 3.50. The summed E-state index contributed by atoms with van der Waals surface area (Å²) in [6.07, 6.45) is 5.47. The van der Waals surface area contributed by atoms with E-state index in [9.17, 15) is 8.42 Å². The summed E-state index contributed by atoms with van der Waals surface area (Å²) in [4.78, 5) is 0.394. The molecule has 1 saturated heterocycles. The highest BCUT2D eigenvalue weighted by atomic mass is 32.2. The molecule has 2 atom stereocenters. The molecule has 1 aromatic rings. The van der Waals surface area contributed by atoms with Crippen molar-refractivity contribution in [3.8, 4) is 0 Å². The third-order valence-electron chi connectivity index (χ3n) is 3.99. The molecular weight excluding hydrogens is 270 g/mol. The van der Waals surface area contributed by atoms with E-state index in [1.165, 1.54) is 0 Å². The minimum atomic E-state index is -3.41. The van der Waals surface area contributed by atoms with Crippen LogP contribution in [0.25, 0.3) is 0 Å². The summed E-state index contributed by atoms with van der Waals surface area (Å²) in [5.74, 6) is 0. The Morgan fingerprint density at radius 3 is 2.55 bits per heavy atom. The average molecular weight is 293 g/mol. The van der Waals surface area contributed by atoms with Gasteiger partial charge in [0, 0.05) is 12.1 Å². The monoisotopic (exact) mass is 293 g/mol. The minimum absolute atomic E-state index is 0.0440. The molecule has 0 N–H and O–H groups in total. The molecule has 0 aliphatic carbocycles. The molecule has 1 heterocycles. The van der Waals surface area contributed by atoms with Crippen molar-refractivity contribution < 1.29 is 8.42 Å². The first-order valence-corrected chi connectivity index (χ1v) is 8.62. The Morgan fingerprint density at radius 2 is 1.95 bits per heavy atom. The average Bonchev–Trinajstić information content (AvgIpc) is 2.39. The molecule has 1 fully saturated rings. The Hall–Kier alpha value is -1.13. The third-order valence-corrected chi connectivity index (χ3v) is 6.07. The zero-order valence-corrected chi connectivity index (χ0v) is 13.1. The van der Waals surface area contributed by atoms with Crippen LogP contribution in [0.5, 0.6) is 0 Å². The summed E-state index contributed by atoms with van der Waals surface area (Å²) < 4.78 is 27.5. The van der Waals surface area contributed by atoms with Crippen LogP contribution < -0.4 is 0 Å². The fourth-order valence-electron chi connectivity index (χ4n) is 2.94. The third kappa shape index (κ3) is 2.96. The molecule has 0 amide bonds. The Labute approximate surface area is 122 Å². The van der Waals surface area contributed by atoms with E-state index in [0.717, 1.165) is 31.2 Å². The molecule has 0 aromatic heterocycles. The first-order valence-electron chi connectivity index (χ1n) is 7.18. The number of piperidine rings is 1. The fourth-order valence-corrected chi connectivity index (χ4v) is 4.83. The van der Waals surface area contributed by atoms with E-state index in [1.54, 1.807) is 16.4 Å². The normalized spacial score (nSPS) is 24.5. The quantitative estimate of drug-likeness (QED) is 0.797. The smallest absolute Gasteiger partial charge is 0.207 e. The summed E-state index contributed by atoms with van der Waals surface area (Å²) in [5.41, 5.74) is 1.07. The molecule has 0 spiro atoms. The lowest BCUT2D eigenvalue weighted by molar-refractivity contribution is 0.192. The Kier molecular flexibility index (Phi) is 4.66. The lowest BCUT2D eigenvalue weighted by Gasteiger charge is -2.39. The number of nitrogens with zero attached hydrogens (tertiary/aromatic N) is 1. The van der Waals surface area contributed by atoms with Gasteiger partial charge >= 0.3 is 0 Å². The van der Waals surface area contributed by atoms with E-state index >= 15 is 0 Å². The molecule has 4 heteroatoms. The van der Waals surface area contributed by atoms with Gasteiger partial charge in [-0.25, -0.2) is 8.42 Å². The van der Waals surface area contributed by atoms with Gasteiger partial charge in [0.05, 0.1) is 4.90 Å². The van der Waals surface area contributed by atoms with Crippen LogP contribution in [-0.2, 0) is 10.0 Å². The molecule has 1 aliphatic heterocycles. The molecule has 1 aromatic carbocycles. The van der Waals surface area contributed by atoms with Gasteiger partial charge in [0.2, 0.25) is 10.0 Å². The van der Waals surface area contributed by atoms with Crippen molar-refractivity contribution in [1.29, 1.82) is 0 Å². The van der Waals surface area contributed by atoms with Crippen molar-refractivity contribution in [2.75, 3.05) is 0 Å². The second-order valence-corrected chi connectivity index (χ2v) is 7.45. The Morgan fingerprint density at radius 1 is 1.30 bits per heavy atom. The number of hydrogen-bond acceptors (Lipinski definition) is 2. The van der Waals surface area contributed by atoms with E-state index in [2.05, 4.69) is 6.58 Å². The topological polar surface area (TPSA) is 37.4 Å². The first kappa shape index (κ1) is 15.3. The number of benzene rings is 1. The van der Waals surface area contributed by atoms with Gasteiger partial charge in [-0.15, -0.1) is 6.58 Å². The van der Waals surface area contributed by atoms with Crippen LogP contribution >= 0.6 is 0 Å². The fraction of sp³-hybridized carbons (Fsp3) is 0.500. The molecule has 0 unspecified atom stereocenters. The van der Waals surface area contributed by atoms with E-state index in [0.29, 0.717) is 4.90 Å². The molecule has 1 aliphatic rings. The lowest BCUT2D eigenvalue weighted by atomic mass is 9.97. The highest BCUT2D eigenvalue weighted by Gasteiger charge is 2.37. The van der Waals surface area contributed by atoms with Crippen molar-refractivity contribution in [2.45, 2.75) is 56.5 Å². The number of rotatable bonds is 4. The van der Waals surface area contributed by atoms with Crippen molar-refractivity contribution in [2.24, 2.45) is 0 Å². The van der Waals surface area contributed by atoms with Gasteiger partial charge in [-0.3, -0.25) is 0 Å². The van der Waals surface area contributed by atoms with Gasteiger partial charge in [0.25, 0.3) is 0 Å². The first-order chi connectivity index (χ1) is 9.46.